The van der Waals surface area contributed by atoms with Gasteiger partial charge >= 0.3 is 5.97 Å². The maximum atomic E-state index is 11.4. The lowest BCUT2D eigenvalue weighted by Gasteiger charge is -2.24. The summed E-state index contributed by atoms with van der Waals surface area (Å²) >= 11 is 0. The molecule has 1 aliphatic carbocycles. The van der Waals surface area contributed by atoms with Crippen LogP contribution in [0.5, 0.6) is 5.75 Å². The minimum absolute atomic E-state index is 0.186. The zero-order valence-corrected chi connectivity index (χ0v) is 9.90. The molecule has 0 saturated heterocycles. The summed E-state index contributed by atoms with van der Waals surface area (Å²) in [6.45, 7) is 1.66. The molecule has 0 bridgehead atoms. The number of ether oxygens (including phenoxy) is 1. The van der Waals surface area contributed by atoms with Gasteiger partial charge in [-0.25, -0.2) is 0 Å². The number of aliphatic carboxylic acids is 1. The third-order valence-electron chi connectivity index (χ3n) is 3.62. The van der Waals surface area contributed by atoms with Crippen LogP contribution in [0.1, 0.15) is 25.3 Å². The van der Waals surface area contributed by atoms with Crippen molar-refractivity contribution in [2.24, 2.45) is 0 Å². The number of fused-ring (bicyclic) bond motifs is 1. The average molecular weight is 247 g/mol. The summed E-state index contributed by atoms with van der Waals surface area (Å²) in [7, 11) is 0. The molecule has 1 aromatic carbocycles. The molecular weight excluding hydrogens is 234 g/mol. The van der Waals surface area contributed by atoms with E-state index in [-0.39, 0.29) is 5.91 Å². The van der Waals surface area contributed by atoms with Crippen molar-refractivity contribution < 1.29 is 19.4 Å². The Balaban J connectivity index is 2.00. The van der Waals surface area contributed by atoms with Gasteiger partial charge in [-0.2, -0.15) is 0 Å². The van der Waals surface area contributed by atoms with E-state index in [1.807, 2.05) is 0 Å². The highest BCUT2D eigenvalue weighted by molar-refractivity contribution is 5.97. The van der Waals surface area contributed by atoms with Crippen LogP contribution in [0.4, 0.5) is 5.69 Å². The number of carboxylic acid groups (broad SMARTS) is 1. The second-order valence-electron chi connectivity index (χ2n) is 4.85. The summed E-state index contributed by atoms with van der Waals surface area (Å²) in [5.41, 5.74) is 0.600. The maximum absolute atomic E-state index is 11.4. The van der Waals surface area contributed by atoms with Gasteiger partial charge in [-0.15, -0.1) is 0 Å². The highest BCUT2D eigenvalue weighted by atomic mass is 16.5. The lowest BCUT2D eigenvalue weighted by molar-refractivity contribution is -0.140. The Bertz CT molecular complexity index is 548. The summed E-state index contributed by atoms with van der Waals surface area (Å²) in [4.78, 5) is 22.7. The van der Waals surface area contributed by atoms with Crippen molar-refractivity contribution in [2.75, 3.05) is 5.32 Å². The van der Waals surface area contributed by atoms with Gasteiger partial charge in [-0.05, 0) is 37.5 Å². The molecule has 1 aliphatic heterocycles. The lowest BCUT2D eigenvalue weighted by Crippen LogP contribution is -2.34. The van der Waals surface area contributed by atoms with Gasteiger partial charge < -0.3 is 15.2 Å². The first-order valence-corrected chi connectivity index (χ1v) is 5.88. The molecular formula is C13H13NO4. The van der Waals surface area contributed by atoms with E-state index in [1.165, 1.54) is 0 Å². The van der Waals surface area contributed by atoms with Gasteiger partial charge in [0.2, 0.25) is 0 Å². The zero-order chi connectivity index (χ0) is 12.9. The monoisotopic (exact) mass is 247 g/mol. The summed E-state index contributed by atoms with van der Waals surface area (Å²) in [5, 5.41) is 12.0. The first-order chi connectivity index (χ1) is 8.53. The van der Waals surface area contributed by atoms with Gasteiger partial charge in [0.1, 0.15) is 5.75 Å². The molecule has 18 heavy (non-hydrogen) atoms. The third kappa shape index (κ3) is 1.47. The Labute approximate surface area is 104 Å². The number of rotatable bonds is 2. The first-order valence-electron chi connectivity index (χ1n) is 5.88. The second-order valence-corrected chi connectivity index (χ2v) is 4.85. The van der Waals surface area contributed by atoms with Crippen LogP contribution in [0.3, 0.4) is 0 Å². The third-order valence-corrected chi connectivity index (χ3v) is 3.62. The van der Waals surface area contributed by atoms with Crippen LogP contribution in [0, 0.1) is 0 Å². The van der Waals surface area contributed by atoms with Gasteiger partial charge in [0, 0.05) is 0 Å². The Morgan fingerprint density at radius 3 is 2.83 bits per heavy atom. The van der Waals surface area contributed by atoms with Crippen molar-refractivity contribution in [3.63, 3.8) is 0 Å². The Morgan fingerprint density at radius 2 is 2.22 bits per heavy atom. The number of carbonyl (C=O) groups excluding carboxylic acids is 1. The maximum Gasteiger partial charge on any atom is 0.314 e. The topological polar surface area (TPSA) is 75.6 Å². The van der Waals surface area contributed by atoms with Crippen molar-refractivity contribution in [1.29, 1.82) is 0 Å². The van der Waals surface area contributed by atoms with Gasteiger partial charge in [-0.1, -0.05) is 6.07 Å². The van der Waals surface area contributed by atoms with Gasteiger partial charge in [0.05, 0.1) is 11.1 Å². The number of amides is 1. The van der Waals surface area contributed by atoms with Crippen LogP contribution in [-0.2, 0) is 15.0 Å². The molecule has 0 radical (unpaired) electrons. The Hall–Kier alpha value is -2.04. The van der Waals surface area contributed by atoms with Crippen LogP contribution in [0.15, 0.2) is 18.2 Å². The number of hydrogen-bond donors (Lipinski definition) is 2. The molecule has 1 amide bonds. The summed E-state index contributed by atoms with van der Waals surface area (Å²) in [5.74, 6) is -0.433. The van der Waals surface area contributed by atoms with E-state index in [9.17, 15) is 14.7 Å². The molecule has 3 rings (SSSR count). The molecule has 1 heterocycles. The molecule has 1 atom stereocenters. The van der Waals surface area contributed by atoms with E-state index in [0.29, 0.717) is 24.3 Å². The second kappa shape index (κ2) is 3.48. The SMILES string of the molecule is CC1Oc2cc(C3(C(=O)O)CC3)ccc2NC1=O. The summed E-state index contributed by atoms with van der Waals surface area (Å²) < 4.78 is 5.48. The minimum atomic E-state index is -0.796. The van der Waals surface area contributed by atoms with E-state index in [0.717, 1.165) is 5.56 Å². The predicted octanol–water partition coefficient (Wildman–Crippen LogP) is 1.52. The van der Waals surface area contributed by atoms with Crippen molar-refractivity contribution in [2.45, 2.75) is 31.3 Å². The van der Waals surface area contributed by atoms with E-state index in [1.54, 1.807) is 25.1 Å². The predicted molar refractivity (Wildman–Crippen MR) is 63.7 cm³/mol. The minimum Gasteiger partial charge on any atom is -0.481 e. The molecule has 1 fully saturated rings. The fourth-order valence-corrected chi connectivity index (χ4v) is 2.25. The van der Waals surface area contributed by atoms with Crippen LogP contribution in [0.2, 0.25) is 0 Å². The largest absolute Gasteiger partial charge is 0.481 e. The fourth-order valence-electron chi connectivity index (χ4n) is 2.25. The van der Waals surface area contributed by atoms with E-state index >= 15 is 0 Å². The molecule has 0 spiro atoms. The van der Waals surface area contributed by atoms with Crippen molar-refractivity contribution in [3.05, 3.63) is 23.8 Å². The van der Waals surface area contributed by atoms with Crippen molar-refractivity contribution >= 4 is 17.6 Å². The molecule has 2 aliphatic rings. The molecule has 0 aromatic heterocycles. The van der Waals surface area contributed by atoms with Gasteiger partial charge in [-0.3, -0.25) is 9.59 Å². The fraction of sp³-hybridized carbons (Fsp3) is 0.385. The highest BCUT2D eigenvalue weighted by Gasteiger charge is 2.52. The first kappa shape index (κ1) is 11.1. The zero-order valence-electron chi connectivity index (χ0n) is 9.90. The quantitative estimate of drug-likeness (QED) is 0.830. The molecule has 1 saturated carbocycles. The Kier molecular flexibility index (Phi) is 2.14. The number of benzene rings is 1. The standard InChI is InChI=1S/C13H13NO4/c1-7-11(15)14-9-3-2-8(6-10(9)18-7)13(4-5-13)12(16)17/h2-3,6-7H,4-5H2,1H3,(H,14,15)(H,16,17). The number of carbonyl (C=O) groups is 2. The molecule has 94 valence electrons. The summed E-state index contributed by atoms with van der Waals surface area (Å²) in [6, 6.07) is 5.18. The number of carboxylic acids is 1. The molecule has 5 heteroatoms. The van der Waals surface area contributed by atoms with Gasteiger partial charge in [0.25, 0.3) is 5.91 Å². The smallest absolute Gasteiger partial charge is 0.314 e. The number of anilines is 1. The molecule has 2 N–H and O–H groups in total. The highest BCUT2D eigenvalue weighted by Crippen LogP contribution is 2.50. The van der Waals surface area contributed by atoms with E-state index in [4.69, 9.17) is 4.74 Å². The number of hydrogen-bond acceptors (Lipinski definition) is 3. The van der Waals surface area contributed by atoms with Crippen LogP contribution >= 0.6 is 0 Å². The average Bonchev–Trinajstić information content (AvgIpc) is 3.11. The molecule has 1 unspecified atom stereocenters. The molecule has 5 nitrogen and oxygen atoms in total. The van der Waals surface area contributed by atoms with Crippen molar-refractivity contribution in [3.8, 4) is 5.75 Å². The number of nitrogens with one attached hydrogen (secondary N) is 1. The Morgan fingerprint density at radius 1 is 1.50 bits per heavy atom. The van der Waals surface area contributed by atoms with E-state index < -0.39 is 17.5 Å². The van der Waals surface area contributed by atoms with Crippen LogP contribution in [-0.4, -0.2) is 23.1 Å². The van der Waals surface area contributed by atoms with Crippen LogP contribution < -0.4 is 10.1 Å². The molecule has 1 aromatic rings. The lowest BCUT2D eigenvalue weighted by atomic mass is 9.95. The normalized spacial score (nSPS) is 23.6. The van der Waals surface area contributed by atoms with Crippen LogP contribution in [0.25, 0.3) is 0 Å². The van der Waals surface area contributed by atoms with Crippen molar-refractivity contribution in [1.82, 2.24) is 0 Å². The van der Waals surface area contributed by atoms with Gasteiger partial charge in [0.15, 0.2) is 6.10 Å². The summed E-state index contributed by atoms with van der Waals surface area (Å²) in [6.07, 6.45) is 0.763. The van der Waals surface area contributed by atoms with E-state index in [2.05, 4.69) is 5.32 Å².